The number of carbonyl (C=O) groups excluding carboxylic acids is 1. The first-order chi connectivity index (χ1) is 10.6. The Morgan fingerprint density at radius 2 is 1.77 bits per heavy atom. The molecule has 1 aliphatic rings. The van der Waals surface area contributed by atoms with Crippen LogP contribution in [0.5, 0.6) is 0 Å². The minimum atomic E-state index is -0.490. The summed E-state index contributed by atoms with van der Waals surface area (Å²) in [6.45, 7) is 2.00. The topological polar surface area (TPSA) is 56.0 Å². The zero-order chi connectivity index (χ0) is 15.5. The minimum absolute atomic E-state index is 0.312. The molecule has 0 saturated heterocycles. The van der Waals surface area contributed by atoms with Crippen LogP contribution >= 0.6 is 0 Å². The normalized spacial score (nSPS) is 15.7. The molecule has 1 amide bonds. The number of pyridine rings is 1. The molecular formula is C19H21N2O. The summed E-state index contributed by atoms with van der Waals surface area (Å²) >= 11 is 0. The molecule has 1 heterocycles. The van der Waals surface area contributed by atoms with Crippen LogP contribution in [0.3, 0.4) is 0 Å². The van der Waals surface area contributed by atoms with E-state index in [-0.39, 0.29) is 0 Å². The van der Waals surface area contributed by atoms with Gasteiger partial charge in [0.1, 0.15) is 5.69 Å². The van der Waals surface area contributed by atoms with Crippen molar-refractivity contribution in [1.29, 1.82) is 0 Å². The molecule has 3 rings (SSSR count). The van der Waals surface area contributed by atoms with Gasteiger partial charge < -0.3 is 5.73 Å². The zero-order valence-corrected chi connectivity index (χ0v) is 12.9. The van der Waals surface area contributed by atoms with Gasteiger partial charge in [0.15, 0.2) is 0 Å². The molecule has 1 aromatic carbocycles. The van der Waals surface area contributed by atoms with E-state index in [9.17, 15) is 4.79 Å². The van der Waals surface area contributed by atoms with E-state index in [2.05, 4.69) is 35.7 Å². The van der Waals surface area contributed by atoms with Crippen molar-refractivity contribution in [3.63, 3.8) is 0 Å². The molecule has 1 saturated carbocycles. The highest BCUT2D eigenvalue weighted by Gasteiger charge is 2.16. The van der Waals surface area contributed by atoms with Gasteiger partial charge in [0.25, 0.3) is 5.91 Å². The van der Waals surface area contributed by atoms with Crippen molar-refractivity contribution in [3.05, 3.63) is 59.6 Å². The van der Waals surface area contributed by atoms with Gasteiger partial charge in [-0.1, -0.05) is 30.3 Å². The van der Waals surface area contributed by atoms with Crippen LogP contribution < -0.4 is 5.73 Å². The molecule has 2 aromatic rings. The Hall–Kier alpha value is -2.16. The lowest BCUT2D eigenvalue weighted by Gasteiger charge is -2.22. The summed E-state index contributed by atoms with van der Waals surface area (Å²) in [5, 5.41) is 0. The Morgan fingerprint density at radius 3 is 2.41 bits per heavy atom. The van der Waals surface area contributed by atoms with E-state index in [0.29, 0.717) is 11.6 Å². The fourth-order valence-electron chi connectivity index (χ4n) is 3.13. The Morgan fingerprint density at radius 1 is 1.09 bits per heavy atom. The van der Waals surface area contributed by atoms with Gasteiger partial charge >= 0.3 is 0 Å². The van der Waals surface area contributed by atoms with E-state index < -0.39 is 5.91 Å². The number of hydrogen-bond acceptors (Lipinski definition) is 2. The molecule has 0 atom stereocenters. The third-order valence-corrected chi connectivity index (χ3v) is 4.44. The van der Waals surface area contributed by atoms with Crippen molar-refractivity contribution >= 4 is 5.91 Å². The molecule has 0 aliphatic heterocycles. The molecule has 0 bridgehead atoms. The van der Waals surface area contributed by atoms with Gasteiger partial charge in [-0.15, -0.1) is 0 Å². The first-order valence-electron chi connectivity index (χ1n) is 7.84. The van der Waals surface area contributed by atoms with Crippen LogP contribution in [0.15, 0.2) is 36.4 Å². The zero-order valence-electron chi connectivity index (χ0n) is 12.9. The second-order valence-electron chi connectivity index (χ2n) is 5.99. The van der Waals surface area contributed by atoms with Gasteiger partial charge in [-0.3, -0.25) is 4.79 Å². The number of aryl methyl sites for hydroxylation is 1. The number of carbonyl (C=O) groups is 1. The summed E-state index contributed by atoms with van der Waals surface area (Å²) in [5.74, 6) is 0.182. The predicted octanol–water partition coefficient (Wildman–Crippen LogP) is 4.02. The number of aromatic nitrogens is 1. The Bertz CT molecular complexity index is 670. The van der Waals surface area contributed by atoms with E-state index in [0.717, 1.165) is 16.8 Å². The van der Waals surface area contributed by atoms with Crippen LogP contribution in [0.25, 0.3) is 11.3 Å². The molecular weight excluding hydrogens is 272 g/mol. The second kappa shape index (κ2) is 6.30. The maximum atomic E-state index is 11.3. The van der Waals surface area contributed by atoms with Crippen LogP contribution in [0.4, 0.5) is 0 Å². The molecule has 3 nitrogen and oxygen atoms in total. The van der Waals surface area contributed by atoms with Gasteiger partial charge in [0, 0.05) is 5.56 Å². The molecule has 113 valence electrons. The summed E-state index contributed by atoms with van der Waals surface area (Å²) in [6.07, 6.45) is 7.30. The number of nitrogens with two attached hydrogens (primary N) is 1. The molecule has 2 N–H and O–H groups in total. The molecule has 22 heavy (non-hydrogen) atoms. The van der Waals surface area contributed by atoms with Crippen molar-refractivity contribution in [2.75, 3.05) is 0 Å². The van der Waals surface area contributed by atoms with Crippen molar-refractivity contribution in [2.45, 2.75) is 38.5 Å². The number of amides is 1. The minimum Gasteiger partial charge on any atom is -0.364 e. The summed E-state index contributed by atoms with van der Waals surface area (Å²) in [7, 11) is 0. The molecule has 0 unspecified atom stereocenters. The molecule has 1 radical (unpaired) electrons. The van der Waals surface area contributed by atoms with Crippen molar-refractivity contribution in [2.24, 2.45) is 5.73 Å². The number of nitrogens with zero attached hydrogens (tertiary/aromatic N) is 1. The molecule has 1 fully saturated rings. The number of rotatable bonds is 3. The monoisotopic (exact) mass is 293 g/mol. The first kappa shape index (κ1) is 14.8. The van der Waals surface area contributed by atoms with Gasteiger partial charge in [-0.05, 0) is 62.1 Å². The number of hydrogen-bond donors (Lipinski definition) is 1. The predicted molar refractivity (Wildman–Crippen MR) is 88.4 cm³/mol. The maximum Gasteiger partial charge on any atom is 0.267 e. The third-order valence-electron chi connectivity index (χ3n) is 4.44. The van der Waals surface area contributed by atoms with E-state index >= 15 is 0 Å². The van der Waals surface area contributed by atoms with Crippen LogP contribution in [0.2, 0.25) is 0 Å². The molecule has 3 heteroatoms. The second-order valence-corrected chi connectivity index (χ2v) is 5.99. The third kappa shape index (κ3) is 3.03. The average Bonchev–Trinajstić information content (AvgIpc) is 2.56. The van der Waals surface area contributed by atoms with Gasteiger partial charge in [-0.2, -0.15) is 0 Å². The fraction of sp³-hybridized carbons (Fsp3) is 0.316. The lowest BCUT2D eigenvalue weighted by Crippen LogP contribution is -2.13. The number of benzene rings is 1. The van der Waals surface area contributed by atoms with E-state index in [1.165, 1.54) is 31.2 Å². The van der Waals surface area contributed by atoms with Crippen LogP contribution in [-0.2, 0) is 0 Å². The standard InChI is InChI=1S/C19H21N2O/c1-13-7-12-17(19(20)22)21-18(13)16-10-8-15(9-11-16)14-5-3-2-4-6-14/h2,7-12,14H,3-6H2,1H3,(H2,20,22). The lowest BCUT2D eigenvalue weighted by atomic mass is 9.84. The lowest BCUT2D eigenvalue weighted by molar-refractivity contribution is 0.0995. The van der Waals surface area contributed by atoms with Gasteiger partial charge in [-0.25, -0.2) is 4.98 Å². The van der Waals surface area contributed by atoms with Crippen LogP contribution in [-0.4, -0.2) is 10.9 Å². The van der Waals surface area contributed by atoms with Crippen molar-refractivity contribution in [1.82, 2.24) is 4.98 Å². The molecule has 0 spiro atoms. The smallest absolute Gasteiger partial charge is 0.267 e. The summed E-state index contributed by atoms with van der Waals surface area (Å²) < 4.78 is 0. The quantitative estimate of drug-likeness (QED) is 0.929. The Labute approximate surface area is 131 Å². The van der Waals surface area contributed by atoms with Crippen LogP contribution in [0.1, 0.15) is 53.2 Å². The SMILES string of the molecule is Cc1ccc(C(N)=O)nc1-c1ccc(C2CC[CH]CC2)cc1. The summed E-state index contributed by atoms with van der Waals surface area (Å²) in [5.41, 5.74) is 9.96. The van der Waals surface area contributed by atoms with Gasteiger partial charge in [0.05, 0.1) is 5.69 Å². The number of primary amides is 1. The van der Waals surface area contributed by atoms with Crippen molar-refractivity contribution in [3.8, 4) is 11.3 Å². The fourth-order valence-corrected chi connectivity index (χ4v) is 3.13. The highest BCUT2D eigenvalue weighted by molar-refractivity contribution is 5.91. The highest BCUT2D eigenvalue weighted by Crippen LogP contribution is 2.33. The highest BCUT2D eigenvalue weighted by atomic mass is 16.1. The Balaban J connectivity index is 1.89. The van der Waals surface area contributed by atoms with Gasteiger partial charge in [0.2, 0.25) is 0 Å². The molecule has 1 aromatic heterocycles. The first-order valence-corrected chi connectivity index (χ1v) is 7.84. The Kier molecular flexibility index (Phi) is 4.23. The molecule has 1 aliphatic carbocycles. The maximum absolute atomic E-state index is 11.3. The largest absolute Gasteiger partial charge is 0.364 e. The van der Waals surface area contributed by atoms with Crippen LogP contribution in [0, 0.1) is 13.3 Å². The summed E-state index contributed by atoms with van der Waals surface area (Å²) in [4.78, 5) is 15.7. The average molecular weight is 293 g/mol. The van der Waals surface area contributed by atoms with Crippen molar-refractivity contribution < 1.29 is 4.79 Å². The van der Waals surface area contributed by atoms with E-state index in [1.54, 1.807) is 6.07 Å². The van der Waals surface area contributed by atoms with E-state index in [1.807, 2.05) is 13.0 Å². The summed E-state index contributed by atoms with van der Waals surface area (Å²) in [6, 6.07) is 12.2. The van der Waals surface area contributed by atoms with E-state index in [4.69, 9.17) is 5.73 Å².